The van der Waals surface area contributed by atoms with E-state index in [-0.39, 0.29) is 15.7 Å². The van der Waals surface area contributed by atoms with Crippen LogP contribution in [0.1, 0.15) is 39.5 Å². The normalized spacial score (nSPS) is 23.5. The molecule has 1 aromatic rings. The topological polar surface area (TPSA) is 46.2 Å². The summed E-state index contributed by atoms with van der Waals surface area (Å²) in [5.74, 6) is 0. The summed E-state index contributed by atoms with van der Waals surface area (Å²) in [6, 6.07) is 1.49. The number of halogens is 2. The zero-order valence-electron chi connectivity index (χ0n) is 10.9. The van der Waals surface area contributed by atoms with Crippen LogP contribution in [0.4, 0.5) is 0 Å². The highest BCUT2D eigenvalue weighted by molar-refractivity contribution is 9.11. The van der Waals surface area contributed by atoms with E-state index in [0.29, 0.717) is 8.81 Å². The minimum atomic E-state index is -3.48. The van der Waals surface area contributed by atoms with E-state index in [0.717, 1.165) is 30.6 Å². The average Bonchev–Trinajstić information content (AvgIpc) is 2.63. The summed E-state index contributed by atoms with van der Waals surface area (Å²) in [4.78, 5) is 0. The van der Waals surface area contributed by atoms with Crippen molar-refractivity contribution >= 4 is 48.9 Å². The van der Waals surface area contributed by atoms with E-state index >= 15 is 0 Å². The quantitative estimate of drug-likeness (QED) is 0.836. The van der Waals surface area contributed by atoms with Crippen LogP contribution in [0.25, 0.3) is 0 Å². The molecule has 108 valence electrons. The second-order valence-electron chi connectivity index (χ2n) is 5.60. The smallest absolute Gasteiger partial charge is 0.207 e. The molecule has 1 N–H and O–H groups in total. The lowest BCUT2D eigenvalue weighted by molar-refractivity contribution is 0.188. The van der Waals surface area contributed by atoms with Gasteiger partial charge in [0.2, 0.25) is 10.0 Å². The third-order valence-corrected chi connectivity index (χ3v) is 8.11. The van der Waals surface area contributed by atoms with Crippen molar-refractivity contribution < 1.29 is 8.42 Å². The molecule has 1 saturated carbocycles. The van der Waals surface area contributed by atoms with E-state index in [9.17, 15) is 8.42 Å². The van der Waals surface area contributed by atoms with Crippen LogP contribution in [0.3, 0.4) is 0 Å². The zero-order chi connectivity index (χ0) is 14.3. The number of thiophene rings is 1. The fraction of sp³-hybridized carbons (Fsp3) is 0.667. The highest BCUT2D eigenvalue weighted by Gasteiger charge is 2.35. The summed E-state index contributed by atoms with van der Waals surface area (Å²) in [6.07, 6.45) is 4.19. The predicted molar refractivity (Wildman–Crippen MR) is 83.4 cm³/mol. The molecule has 2 rings (SSSR count). The summed E-state index contributed by atoms with van der Waals surface area (Å²) in [6.45, 7) is 4.24. The Balaban J connectivity index is 2.21. The van der Waals surface area contributed by atoms with Crippen molar-refractivity contribution in [3.8, 4) is 0 Å². The van der Waals surface area contributed by atoms with Crippen molar-refractivity contribution in [2.24, 2.45) is 5.41 Å². The lowest BCUT2D eigenvalue weighted by Gasteiger charge is -2.38. The third-order valence-electron chi connectivity index (χ3n) is 3.69. The molecule has 0 radical (unpaired) electrons. The molecule has 1 atom stereocenters. The van der Waals surface area contributed by atoms with Crippen LogP contribution >= 0.6 is 38.9 Å². The Morgan fingerprint density at radius 1 is 1.47 bits per heavy atom. The summed E-state index contributed by atoms with van der Waals surface area (Å²) in [5, 5.41) is 0.438. The van der Waals surface area contributed by atoms with Gasteiger partial charge in [0.1, 0.15) is 4.21 Å². The maximum Gasteiger partial charge on any atom is 0.250 e. The Labute approximate surface area is 131 Å². The minimum Gasteiger partial charge on any atom is -0.207 e. The van der Waals surface area contributed by atoms with Crippen molar-refractivity contribution in [1.82, 2.24) is 4.72 Å². The van der Waals surface area contributed by atoms with Gasteiger partial charge in [-0.15, -0.1) is 11.3 Å². The largest absolute Gasteiger partial charge is 0.250 e. The summed E-state index contributed by atoms with van der Waals surface area (Å²) >= 11 is 10.3. The van der Waals surface area contributed by atoms with Crippen molar-refractivity contribution in [1.29, 1.82) is 0 Å². The molecule has 0 saturated heterocycles. The molecule has 0 aromatic carbocycles. The average molecular weight is 387 g/mol. The van der Waals surface area contributed by atoms with Crippen molar-refractivity contribution in [3.05, 3.63) is 14.9 Å². The second kappa shape index (κ2) is 5.64. The van der Waals surface area contributed by atoms with Crippen molar-refractivity contribution in [2.45, 2.75) is 49.8 Å². The number of rotatable bonds is 3. The van der Waals surface area contributed by atoms with Crippen LogP contribution in [-0.4, -0.2) is 14.5 Å². The fourth-order valence-electron chi connectivity index (χ4n) is 2.42. The maximum absolute atomic E-state index is 12.4. The number of hydrogen-bond donors (Lipinski definition) is 1. The Hall–Kier alpha value is 0.380. The van der Waals surface area contributed by atoms with E-state index in [4.69, 9.17) is 11.6 Å². The lowest BCUT2D eigenvalue weighted by atomic mass is 9.74. The number of sulfonamides is 1. The molecule has 3 nitrogen and oxygen atoms in total. The molecule has 1 aliphatic carbocycles. The van der Waals surface area contributed by atoms with Crippen LogP contribution < -0.4 is 4.72 Å². The molecule has 1 aromatic heterocycles. The van der Waals surface area contributed by atoms with Gasteiger partial charge in [-0.3, -0.25) is 0 Å². The molecular weight excluding hydrogens is 370 g/mol. The van der Waals surface area contributed by atoms with Crippen molar-refractivity contribution in [2.75, 3.05) is 0 Å². The highest BCUT2D eigenvalue weighted by Crippen LogP contribution is 2.38. The van der Waals surface area contributed by atoms with Crippen LogP contribution in [0.15, 0.2) is 14.1 Å². The SMILES string of the molecule is CC1(C)CCCCC1NS(=O)(=O)c1cc(Cl)c(Br)s1. The van der Waals surface area contributed by atoms with Gasteiger partial charge in [-0.25, -0.2) is 13.1 Å². The molecule has 0 spiro atoms. The van der Waals surface area contributed by atoms with E-state index in [2.05, 4.69) is 34.5 Å². The molecule has 1 fully saturated rings. The first-order valence-corrected chi connectivity index (χ1v) is 9.66. The number of nitrogens with one attached hydrogen (secondary N) is 1. The van der Waals surface area contributed by atoms with Gasteiger partial charge in [-0.2, -0.15) is 0 Å². The Bertz CT molecular complexity index is 549. The van der Waals surface area contributed by atoms with Gasteiger partial charge in [0.25, 0.3) is 0 Å². The van der Waals surface area contributed by atoms with E-state index in [1.165, 1.54) is 12.5 Å². The van der Waals surface area contributed by atoms with Gasteiger partial charge in [0.05, 0.1) is 8.81 Å². The lowest BCUT2D eigenvalue weighted by Crippen LogP contribution is -2.46. The van der Waals surface area contributed by atoms with Crippen LogP contribution in [0, 0.1) is 5.41 Å². The molecule has 1 aliphatic rings. The monoisotopic (exact) mass is 385 g/mol. The van der Waals surface area contributed by atoms with Crippen LogP contribution in [0.5, 0.6) is 0 Å². The molecule has 0 aliphatic heterocycles. The first kappa shape index (κ1) is 15.8. The summed E-state index contributed by atoms with van der Waals surface area (Å²) in [7, 11) is -3.48. The zero-order valence-corrected chi connectivity index (χ0v) is 14.8. The molecule has 1 heterocycles. The molecule has 1 unspecified atom stereocenters. The Morgan fingerprint density at radius 2 is 2.16 bits per heavy atom. The summed E-state index contributed by atoms with van der Waals surface area (Å²) in [5.41, 5.74) is 0.00358. The van der Waals surface area contributed by atoms with Gasteiger partial charge in [0, 0.05) is 6.04 Å². The van der Waals surface area contributed by atoms with Gasteiger partial charge in [0.15, 0.2) is 0 Å². The minimum absolute atomic E-state index is 0.00358. The van der Waals surface area contributed by atoms with E-state index in [1.807, 2.05) is 0 Å². The molecule has 0 amide bonds. The first-order chi connectivity index (χ1) is 8.72. The highest BCUT2D eigenvalue weighted by atomic mass is 79.9. The molecular formula is C12H17BrClNO2S2. The van der Waals surface area contributed by atoms with Crippen LogP contribution in [-0.2, 0) is 10.0 Å². The first-order valence-electron chi connectivity index (χ1n) is 6.19. The van der Waals surface area contributed by atoms with Gasteiger partial charge in [-0.1, -0.05) is 38.3 Å². The fourth-order valence-corrected chi connectivity index (χ4v) is 6.27. The third kappa shape index (κ3) is 3.53. The van der Waals surface area contributed by atoms with Crippen LogP contribution in [0.2, 0.25) is 5.02 Å². The maximum atomic E-state index is 12.4. The Morgan fingerprint density at radius 3 is 2.68 bits per heavy atom. The summed E-state index contributed by atoms with van der Waals surface area (Å²) < 4.78 is 28.5. The van der Waals surface area contributed by atoms with Gasteiger partial charge >= 0.3 is 0 Å². The molecule has 0 bridgehead atoms. The standard InChI is InChI=1S/C12H17BrClNO2S2/c1-12(2)6-4-3-5-9(12)15-19(16,17)10-7-8(14)11(13)18-10/h7,9,15H,3-6H2,1-2H3. The second-order valence-corrected chi connectivity index (χ2v) is 10.3. The van der Waals surface area contributed by atoms with E-state index < -0.39 is 10.0 Å². The predicted octanol–water partition coefficient (Wildman–Crippen LogP) is 4.41. The van der Waals surface area contributed by atoms with Gasteiger partial charge in [-0.05, 0) is 40.3 Å². The van der Waals surface area contributed by atoms with E-state index in [1.54, 1.807) is 0 Å². The van der Waals surface area contributed by atoms with Crippen molar-refractivity contribution in [3.63, 3.8) is 0 Å². The molecule has 19 heavy (non-hydrogen) atoms. The van der Waals surface area contributed by atoms with Gasteiger partial charge < -0.3 is 0 Å². The number of hydrogen-bond acceptors (Lipinski definition) is 3. The molecule has 7 heteroatoms. The Kier molecular flexibility index (Phi) is 4.68.